The van der Waals surface area contributed by atoms with E-state index in [2.05, 4.69) is 10.2 Å². The number of rotatable bonds is 4. The van der Waals surface area contributed by atoms with E-state index in [0.717, 1.165) is 57.3 Å². The number of piperidine rings is 1. The molecule has 2 amide bonds. The van der Waals surface area contributed by atoms with Crippen molar-refractivity contribution in [2.45, 2.75) is 81.5 Å². The van der Waals surface area contributed by atoms with Crippen molar-refractivity contribution in [3.8, 4) is 5.75 Å². The monoisotopic (exact) mass is 410 g/mol. The van der Waals surface area contributed by atoms with E-state index in [0.29, 0.717) is 35.8 Å². The third kappa shape index (κ3) is 3.30. The number of hydrogen-bond donors (Lipinski definition) is 2. The highest BCUT2D eigenvalue weighted by molar-refractivity contribution is 5.76. The molecular formula is C25H34N2O3. The molecule has 4 saturated carbocycles. The number of ether oxygens (including phenoxy) is 1. The summed E-state index contributed by atoms with van der Waals surface area (Å²) in [4.78, 5) is 15.5. The Morgan fingerprint density at radius 1 is 1.03 bits per heavy atom. The van der Waals surface area contributed by atoms with E-state index in [1.807, 2.05) is 30.3 Å². The number of benzene rings is 1. The maximum atomic E-state index is 13.3. The largest absolute Gasteiger partial charge is 0.493 e. The van der Waals surface area contributed by atoms with Crippen LogP contribution in [0.25, 0.3) is 0 Å². The minimum absolute atomic E-state index is 0.161. The predicted octanol–water partition coefficient (Wildman–Crippen LogP) is 3.96. The summed E-state index contributed by atoms with van der Waals surface area (Å²) in [5.74, 6) is 3.09. The van der Waals surface area contributed by atoms with Gasteiger partial charge >= 0.3 is 6.03 Å². The van der Waals surface area contributed by atoms with Gasteiger partial charge in [-0.3, -0.25) is 0 Å². The molecule has 6 bridgehead atoms. The van der Waals surface area contributed by atoms with Gasteiger partial charge in [0.1, 0.15) is 5.75 Å². The average Bonchev–Trinajstić information content (AvgIpc) is 2.99. The smallest absolute Gasteiger partial charge is 0.318 e. The summed E-state index contributed by atoms with van der Waals surface area (Å²) in [7, 11) is 0. The summed E-state index contributed by atoms with van der Waals surface area (Å²) >= 11 is 0. The van der Waals surface area contributed by atoms with Crippen molar-refractivity contribution in [1.82, 2.24) is 10.2 Å². The Labute approximate surface area is 179 Å². The van der Waals surface area contributed by atoms with Crippen LogP contribution in [0.2, 0.25) is 0 Å². The van der Waals surface area contributed by atoms with Gasteiger partial charge in [0.15, 0.2) is 0 Å². The lowest BCUT2D eigenvalue weighted by Gasteiger charge is -2.58. The third-order valence-electron chi connectivity index (χ3n) is 8.83. The van der Waals surface area contributed by atoms with Gasteiger partial charge in [0.05, 0.1) is 12.2 Å². The number of nitrogens with zero attached hydrogens (tertiary/aromatic N) is 1. The first-order chi connectivity index (χ1) is 14.6. The van der Waals surface area contributed by atoms with E-state index in [9.17, 15) is 9.90 Å². The molecule has 30 heavy (non-hydrogen) atoms. The fourth-order valence-corrected chi connectivity index (χ4v) is 7.92. The van der Waals surface area contributed by atoms with Crippen LogP contribution in [0, 0.1) is 23.7 Å². The molecule has 5 heteroatoms. The molecule has 1 aromatic carbocycles. The Morgan fingerprint density at radius 2 is 1.70 bits per heavy atom. The summed E-state index contributed by atoms with van der Waals surface area (Å²) in [6.45, 7) is 0.749. The number of fused-ring (bicyclic) bond motifs is 2. The topological polar surface area (TPSA) is 61.8 Å². The van der Waals surface area contributed by atoms with Gasteiger partial charge in [-0.15, -0.1) is 0 Å². The normalized spacial score (nSPS) is 43.6. The van der Waals surface area contributed by atoms with E-state index in [1.165, 1.54) is 12.8 Å². The minimum atomic E-state index is -0.437. The molecule has 7 rings (SSSR count). The summed E-state index contributed by atoms with van der Waals surface area (Å²) in [5, 5.41) is 14.3. The Morgan fingerprint density at radius 3 is 2.33 bits per heavy atom. The molecular weight excluding hydrogens is 376 g/mol. The summed E-state index contributed by atoms with van der Waals surface area (Å²) in [6, 6.07) is 11.2. The first-order valence-corrected chi connectivity index (χ1v) is 12.1. The van der Waals surface area contributed by atoms with E-state index < -0.39 is 5.60 Å². The van der Waals surface area contributed by atoms with Gasteiger partial charge in [0.2, 0.25) is 0 Å². The van der Waals surface area contributed by atoms with Crippen molar-refractivity contribution in [3.63, 3.8) is 0 Å². The molecule has 0 spiro atoms. The lowest BCUT2D eigenvalue weighted by atomic mass is 9.52. The van der Waals surface area contributed by atoms with Crippen molar-refractivity contribution >= 4 is 6.03 Å². The van der Waals surface area contributed by atoms with Crippen LogP contribution in [-0.4, -0.2) is 46.4 Å². The summed E-state index contributed by atoms with van der Waals surface area (Å²) in [5.41, 5.74) is -0.437. The van der Waals surface area contributed by atoms with Crippen LogP contribution in [0.4, 0.5) is 4.79 Å². The molecule has 2 N–H and O–H groups in total. The second-order valence-electron chi connectivity index (χ2n) is 10.9. The molecule has 2 saturated heterocycles. The Hall–Kier alpha value is -1.75. The van der Waals surface area contributed by atoms with Crippen molar-refractivity contribution in [1.29, 1.82) is 0 Å². The lowest BCUT2D eigenvalue weighted by molar-refractivity contribution is -0.137. The highest BCUT2D eigenvalue weighted by atomic mass is 16.5. The maximum Gasteiger partial charge on any atom is 0.318 e. The van der Waals surface area contributed by atoms with Crippen LogP contribution in [-0.2, 0) is 0 Å². The molecule has 0 radical (unpaired) electrons. The number of amides is 2. The maximum absolute atomic E-state index is 13.3. The summed E-state index contributed by atoms with van der Waals surface area (Å²) in [6.07, 6.45) is 9.49. The standard InChI is InChI=1S/C25H34N2O3/c28-24(26-23-18-8-16-9-19(23)14-25(29,12-16)13-18)27-20-6-7-21(27)11-17(10-20)15-30-22-4-2-1-3-5-22/h1-5,16-21,23,29H,6-15H2,(H,26,28). The van der Waals surface area contributed by atoms with Gasteiger partial charge in [0, 0.05) is 18.1 Å². The van der Waals surface area contributed by atoms with Crippen molar-refractivity contribution < 1.29 is 14.6 Å². The number of nitrogens with one attached hydrogen (secondary N) is 1. The highest BCUT2D eigenvalue weighted by Gasteiger charge is 2.55. The molecule has 162 valence electrons. The van der Waals surface area contributed by atoms with Crippen LogP contribution in [0.3, 0.4) is 0 Å². The fourth-order valence-electron chi connectivity index (χ4n) is 7.92. The Balaban J connectivity index is 1.07. The average molecular weight is 411 g/mol. The lowest BCUT2D eigenvalue weighted by Crippen LogP contribution is -2.63. The number of carbonyl (C=O) groups excluding carboxylic acids is 1. The minimum Gasteiger partial charge on any atom is -0.493 e. The first kappa shape index (κ1) is 19.0. The van der Waals surface area contributed by atoms with Crippen LogP contribution in [0.1, 0.15) is 57.8 Å². The van der Waals surface area contributed by atoms with Crippen LogP contribution in [0.15, 0.2) is 30.3 Å². The van der Waals surface area contributed by atoms with Crippen molar-refractivity contribution in [2.24, 2.45) is 23.7 Å². The van der Waals surface area contributed by atoms with Gasteiger partial charge in [0.25, 0.3) is 0 Å². The zero-order valence-corrected chi connectivity index (χ0v) is 17.7. The molecule has 6 fully saturated rings. The zero-order valence-electron chi connectivity index (χ0n) is 17.7. The second-order valence-corrected chi connectivity index (χ2v) is 10.9. The molecule has 4 aliphatic carbocycles. The van der Waals surface area contributed by atoms with Crippen molar-refractivity contribution in [2.75, 3.05) is 6.61 Å². The molecule has 5 nitrogen and oxygen atoms in total. The Bertz CT molecular complexity index is 769. The Kier molecular flexibility index (Phi) is 4.52. The van der Waals surface area contributed by atoms with Gasteiger partial charge in [-0.05, 0) is 93.6 Å². The van der Waals surface area contributed by atoms with E-state index in [4.69, 9.17) is 4.74 Å². The van der Waals surface area contributed by atoms with Gasteiger partial charge in [-0.1, -0.05) is 18.2 Å². The molecule has 4 atom stereocenters. The van der Waals surface area contributed by atoms with Gasteiger partial charge in [-0.25, -0.2) is 4.79 Å². The second kappa shape index (κ2) is 7.15. The van der Waals surface area contributed by atoms with Crippen LogP contribution >= 0.6 is 0 Å². The molecule has 2 heterocycles. The van der Waals surface area contributed by atoms with E-state index in [1.54, 1.807) is 0 Å². The SMILES string of the molecule is O=C(NC1C2CC3CC1CC(O)(C3)C2)N1C2CCC1CC(COc1ccccc1)C2. The first-order valence-electron chi connectivity index (χ1n) is 12.1. The van der Waals surface area contributed by atoms with Crippen molar-refractivity contribution in [3.05, 3.63) is 30.3 Å². The zero-order chi connectivity index (χ0) is 20.3. The van der Waals surface area contributed by atoms with Crippen LogP contribution in [0.5, 0.6) is 5.75 Å². The van der Waals surface area contributed by atoms with Crippen LogP contribution < -0.4 is 10.1 Å². The third-order valence-corrected chi connectivity index (χ3v) is 8.83. The number of aliphatic hydroxyl groups is 1. The molecule has 6 aliphatic rings. The van der Waals surface area contributed by atoms with E-state index >= 15 is 0 Å². The number of urea groups is 1. The molecule has 1 aromatic rings. The fraction of sp³-hybridized carbons (Fsp3) is 0.720. The quantitative estimate of drug-likeness (QED) is 0.790. The molecule has 2 aliphatic heterocycles. The van der Waals surface area contributed by atoms with Gasteiger partial charge in [-0.2, -0.15) is 0 Å². The molecule has 4 unspecified atom stereocenters. The summed E-state index contributed by atoms with van der Waals surface area (Å²) < 4.78 is 6.02. The van der Waals surface area contributed by atoms with Gasteiger partial charge < -0.3 is 20.1 Å². The van der Waals surface area contributed by atoms with E-state index in [-0.39, 0.29) is 12.1 Å². The number of hydrogen-bond acceptors (Lipinski definition) is 3. The highest BCUT2D eigenvalue weighted by Crippen LogP contribution is 2.55. The number of carbonyl (C=O) groups is 1. The predicted molar refractivity (Wildman–Crippen MR) is 114 cm³/mol. The number of para-hydroxylation sites is 1. The molecule has 0 aromatic heterocycles.